The van der Waals surface area contributed by atoms with Crippen LogP contribution in [0.5, 0.6) is 0 Å². The van der Waals surface area contributed by atoms with Crippen LogP contribution in [0.25, 0.3) is 22.2 Å². The standard InChI is InChI=1S/C12H10ClN3/c1-7-15-11(12(13)16-7)9-2-3-10-8(6-9)4-5-14-10/h2-6,14H,1H3,(H,15,16). The minimum Gasteiger partial charge on any atom is -0.361 e. The molecule has 0 spiro atoms. The maximum atomic E-state index is 6.08. The quantitative estimate of drug-likeness (QED) is 0.661. The zero-order valence-corrected chi connectivity index (χ0v) is 9.47. The number of fused-ring (bicyclic) bond motifs is 1. The summed E-state index contributed by atoms with van der Waals surface area (Å²) in [5.74, 6) is 0.828. The minimum absolute atomic E-state index is 0.590. The second-order valence-electron chi connectivity index (χ2n) is 3.76. The second-order valence-corrected chi connectivity index (χ2v) is 4.14. The van der Waals surface area contributed by atoms with Crippen LogP contribution < -0.4 is 0 Å². The molecule has 0 radical (unpaired) electrons. The maximum absolute atomic E-state index is 6.08. The van der Waals surface area contributed by atoms with E-state index in [4.69, 9.17) is 11.6 Å². The summed E-state index contributed by atoms with van der Waals surface area (Å²) in [4.78, 5) is 10.5. The van der Waals surface area contributed by atoms with Crippen LogP contribution in [0.2, 0.25) is 5.15 Å². The van der Waals surface area contributed by atoms with Crippen LogP contribution in [0.4, 0.5) is 0 Å². The first kappa shape index (κ1) is 9.48. The normalized spacial score (nSPS) is 11.1. The van der Waals surface area contributed by atoms with Crippen LogP contribution in [0.15, 0.2) is 30.5 Å². The lowest BCUT2D eigenvalue weighted by Gasteiger charge is -1.98. The van der Waals surface area contributed by atoms with Crippen LogP contribution in [0, 0.1) is 6.92 Å². The van der Waals surface area contributed by atoms with Gasteiger partial charge >= 0.3 is 0 Å². The van der Waals surface area contributed by atoms with Gasteiger partial charge in [0.15, 0.2) is 0 Å². The number of aromatic nitrogens is 3. The van der Waals surface area contributed by atoms with E-state index < -0.39 is 0 Å². The van der Waals surface area contributed by atoms with Crippen molar-refractivity contribution < 1.29 is 0 Å². The molecule has 0 saturated heterocycles. The number of imidazole rings is 1. The molecule has 0 unspecified atom stereocenters. The fourth-order valence-corrected chi connectivity index (χ4v) is 2.14. The van der Waals surface area contributed by atoms with E-state index in [0.717, 1.165) is 28.0 Å². The zero-order chi connectivity index (χ0) is 11.1. The summed E-state index contributed by atoms with van der Waals surface area (Å²) in [7, 11) is 0. The Kier molecular flexibility index (Phi) is 2.01. The van der Waals surface area contributed by atoms with E-state index in [-0.39, 0.29) is 0 Å². The Hall–Kier alpha value is -1.74. The molecular weight excluding hydrogens is 222 g/mol. The molecule has 0 aliphatic carbocycles. The van der Waals surface area contributed by atoms with Gasteiger partial charge in [0.05, 0.1) is 0 Å². The highest BCUT2D eigenvalue weighted by Gasteiger charge is 2.08. The molecule has 2 aromatic heterocycles. The summed E-state index contributed by atoms with van der Waals surface area (Å²) in [5.41, 5.74) is 2.95. The molecule has 0 fully saturated rings. The topological polar surface area (TPSA) is 44.5 Å². The third kappa shape index (κ3) is 1.41. The number of nitrogens with one attached hydrogen (secondary N) is 2. The SMILES string of the molecule is Cc1nc(-c2ccc3[nH]ccc3c2)c(Cl)[nH]1. The molecule has 80 valence electrons. The maximum Gasteiger partial charge on any atom is 0.134 e. The number of aromatic amines is 2. The molecular formula is C12H10ClN3. The van der Waals surface area contributed by atoms with Crippen molar-refractivity contribution in [3.8, 4) is 11.3 Å². The molecule has 3 rings (SSSR count). The number of hydrogen-bond donors (Lipinski definition) is 2. The Morgan fingerprint density at radius 3 is 2.88 bits per heavy atom. The van der Waals surface area contributed by atoms with E-state index in [1.54, 1.807) is 0 Å². The second kappa shape index (κ2) is 3.39. The average Bonchev–Trinajstić information content (AvgIpc) is 2.83. The van der Waals surface area contributed by atoms with Crippen molar-refractivity contribution in [1.82, 2.24) is 15.0 Å². The summed E-state index contributed by atoms with van der Waals surface area (Å²) in [6, 6.07) is 8.16. The summed E-state index contributed by atoms with van der Waals surface area (Å²) >= 11 is 6.08. The van der Waals surface area contributed by atoms with Crippen LogP contribution in [-0.2, 0) is 0 Å². The van der Waals surface area contributed by atoms with E-state index >= 15 is 0 Å². The van der Waals surface area contributed by atoms with E-state index in [1.807, 2.05) is 31.3 Å². The molecule has 0 aliphatic rings. The number of benzene rings is 1. The van der Waals surface area contributed by atoms with Crippen LogP contribution in [0.1, 0.15) is 5.82 Å². The predicted molar refractivity (Wildman–Crippen MR) is 65.6 cm³/mol. The van der Waals surface area contributed by atoms with Crippen molar-refractivity contribution in [2.24, 2.45) is 0 Å². The van der Waals surface area contributed by atoms with Gasteiger partial charge in [-0.15, -0.1) is 0 Å². The number of aryl methyl sites for hydroxylation is 1. The lowest BCUT2D eigenvalue weighted by molar-refractivity contribution is 1.15. The van der Waals surface area contributed by atoms with E-state index in [0.29, 0.717) is 5.15 Å². The molecule has 4 heteroatoms. The van der Waals surface area contributed by atoms with Crippen LogP contribution in [0.3, 0.4) is 0 Å². The first-order chi connectivity index (χ1) is 7.74. The highest BCUT2D eigenvalue weighted by Crippen LogP contribution is 2.27. The van der Waals surface area contributed by atoms with Gasteiger partial charge in [-0.25, -0.2) is 4.98 Å². The van der Waals surface area contributed by atoms with Crippen molar-refractivity contribution in [3.05, 3.63) is 41.4 Å². The Morgan fingerprint density at radius 1 is 1.25 bits per heavy atom. The number of hydrogen-bond acceptors (Lipinski definition) is 1. The van der Waals surface area contributed by atoms with Crippen molar-refractivity contribution in [2.75, 3.05) is 0 Å². The number of rotatable bonds is 1. The average molecular weight is 232 g/mol. The van der Waals surface area contributed by atoms with Gasteiger partial charge in [-0.2, -0.15) is 0 Å². The molecule has 2 N–H and O–H groups in total. The molecule has 0 bridgehead atoms. The minimum atomic E-state index is 0.590. The third-order valence-corrected chi connectivity index (χ3v) is 2.88. The lowest BCUT2D eigenvalue weighted by atomic mass is 10.1. The summed E-state index contributed by atoms with van der Waals surface area (Å²) in [6.07, 6.45) is 1.92. The molecule has 16 heavy (non-hydrogen) atoms. The van der Waals surface area contributed by atoms with Crippen molar-refractivity contribution in [2.45, 2.75) is 6.92 Å². The Morgan fingerprint density at radius 2 is 2.12 bits per heavy atom. The van der Waals surface area contributed by atoms with Gasteiger partial charge in [0.1, 0.15) is 16.7 Å². The molecule has 0 aliphatic heterocycles. The molecule has 1 aromatic carbocycles. The predicted octanol–water partition coefficient (Wildman–Crippen LogP) is 3.52. The van der Waals surface area contributed by atoms with Crippen molar-refractivity contribution in [1.29, 1.82) is 0 Å². The molecule has 3 nitrogen and oxygen atoms in total. The first-order valence-corrected chi connectivity index (χ1v) is 5.41. The Bertz CT molecular complexity index is 651. The summed E-state index contributed by atoms with van der Waals surface area (Å²) in [6.45, 7) is 1.89. The smallest absolute Gasteiger partial charge is 0.134 e. The summed E-state index contributed by atoms with van der Waals surface area (Å²) < 4.78 is 0. The Labute approximate surface area is 97.5 Å². The van der Waals surface area contributed by atoms with Gasteiger partial charge in [0.2, 0.25) is 0 Å². The highest BCUT2D eigenvalue weighted by atomic mass is 35.5. The van der Waals surface area contributed by atoms with E-state index in [1.165, 1.54) is 0 Å². The number of nitrogens with zero attached hydrogens (tertiary/aromatic N) is 1. The molecule has 0 atom stereocenters. The third-order valence-electron chi connectivity index (χ3n) is 2.60. The van der Waals surface area contributed by atoms with Crippen molar-refractivity contribution in [3.63, 3.8) is 0 Å². The fraction of sp³-hybridized carbons (Fsp3) is 0.0833. The number of H-pyrrole nitrogens is 2. The van der Waals surface area contributed by atoms with Gasteiger partial charge < -0.3 is 9.97 Å². The van der Waals surface area contributed by atoms with E-state index in [9.17, 15) is 0 Å². The van der Waals surface area contributed by atoms with Gasteiger partial charge in [0.25, 0.3) is 0 Å². The Balaban J connectivity index is 2.21. The van der Waals surface area contributed by atoms with Gasteiger partial charge in [-0.3, -0.25) is 0 Å². The largest absolute Gasteiger partial charge is 0.361 e. The van der Waals surface area contributed by atoms with Gasteiger partial charge in [-0.05, 0) is 25.1 Å². The monoisotopic (exact) mass is 231 g/mol. The summed E-state index contributed by atoms with van der Waals surface area (Å²) in [5, 5.41) is 1.75. The lowest BCUT2D eigenvalue weighted by Crippen LogP contribution is -1.79. The molecule has 3 aromatic rings. The van der Waals surface area contributed by atoms with E-state index in [2.05, 4.69) is 21.0 Å². The zero-order valence-electron chi connectivity index (χ0n) is 8.71. The molecule has 0 saturated carbocycles. The number of halogens is 1. The highest BCUT2D eigenvalue weighted by molar-refractivity contribution is 6.32. The molecule has 2 heterocycles. The van der Waals surface area contributed by atoms with Crippen LogP contribution in [-0.4, -0.2) is 15.0 Å². The molecule has 0 amide bonds. The van der Waals surface area contributed by atoms with Gasteiger partial charge in [-0.1, -0.05) is 17.7 Å². The van der Waals surface area contributed by atoms with Crippen molar-refractivity contribution >= 4 is 22.5 Å². The van der Waals surface area contributed by atoms with Gasteiger partial charge in [0, 0.05) is 22.7 Å². The first-order valence-electron chi connectivity index (χ1n) is 5.03. The fourth-order valence-electron chi connectivity index (χ4n) is 1.85. The van der Waals surface area contributed by atoms with Crippen LogP contribution >= 0.6 is 11.6 Å².